The summed E-state index contributed by atoms with van der Waals surface area (Å²) in [4.78, 5) is 11.8. The molecular formula is C12H25N3O3S. The predicted octanol–water partition coefficient (Wildman–Crippen LogP) is -0.0984. The molecule has 0 aromatic carbocycles. The second-order valence-corrected chi connectivity index (χ2v) is 7.15. The van der Waals surface area contributed by atoms with Crippen molar-refractivity contribution in [1.82, 2.24) is 9.62 Å². The Morgan fingerprint density at radius 2 is 2.11 bits per heavy atom. The van der Waals surface area contributed by atoms with Crippen molar-refractivity contribution in [3.8, 4) is 0 Å². The number of carbonyl (C=O) groups is 1. The Labute approximate surface area is 115 Å². The number of carbonyl (C=O) groups excluding carboxylic acids is 1. The van der Waals surface area contributed by atoms with Gasteiger partial charge in [-0.25, -0.2) is 12.7 Å². The average molecular weight is 291 g/mol. The Morgan fingerprint density at radius 3 is 2.58 bits per heavy atom. The molecule has 0 saturated heterocycles. The number of nitrogens with one attached hydrogen (secondary N) is 1. The van der Waals surface area contributed by atoms with Crippen molar-refractivity contribution in [1.29, 1.82) is 0 Å². The van der Waals surface area contributed by atoms with E-state index in [1.807, 2.05) is 0 Å². The second kappa shape index (κ2) is 7.21. The molecule has 2 unspecified atom stereocenters. The SMILES string of the molecule is CCN(CCCNC(=O)C1CCC(N)C1)S(C)(=O)=O. The molecule has 2 atom stereocenters. The molecule has 19 heavy (non-hydrogen) atoms. The summed E-state index contributed by atoms with van der Waals surface area (Å²) >= 11 is 0. The van der Waals surface area contributed by atoms with Gasteiger partial charge in [-0.05, 0) is 25.7 Å². The maximum atomic E-state index is 11.8. The molecule has 1 aliphatic rings. The number of nitrogens with two attached hydrogens (primary N) is 1. The Kier molecular flexibility index (Phi) is 6.22. The first-order valence-electron chi connectivity index (χ1n) is 6.83. The Bertz CT molecular complexity index is 397. The van der Waals surface area contributed by atoms with E-state index in [0.717, 1.165) is 19.3 Å². The molecule has 0 heterocycles. The molecule has 7 heteroatoms. The van der Waals surface area contributed by atoms with Crippen molar-refractivity contribution in [3.63, 3.8) is 0 Å². The van der Waals surface area contributed by atoms with Gasteiger partial charge in [-0.15, -0.1) is 0 Å². The predicted molar refractivity (Wildman–Crippen MR) is 75.0 cm³/mol. The van der Waals surface area contributed by atoms with Crippen molar-refractivity contribution >= 4 is 15.9 Å². The van der Waals surface area contributed by atoms with Gasteiger partial charge in [-0.1, -0.05) is 6.92 Å². The number of sulfonamides is 1. The van der Waals surface area contributed by atoms with Crippen LogP contribution < -0.4 is 11.1 Å². The number of hydrogen-bond donors (Lipinski definition) is 2. The minimum absolute atomic E-state index is 0.0344. The molecule has 0 aromatic heterocycles. The molecular weight excluding hydrogens is 266 g/mol. The first-order valence-corrected chi connectivity index (χ1v) is 8.67. The zero-order valence-corrected chi connectivity index (χ0v) is 12.6. The summed E-state index contributed by atoms with van der Waals surface area (Å²) < 4.78 is 24.1. The lowest BCUT2D eigenvalue weighted by atomic mass is 10.1. The summed E-state index contributed by atoms with van der Waals surface area (Å²) in [7, 11) is -3.13. The molecule has 0 radical (unpaired) electrons. The van der Waals surface area contributed by atoms with Crippen LogP contribution in [0.15, 0.2) is 0 Å². The molecule has 0 aliphatic heterocycles. The first kappa shape index (κ1) is 16.4. The van der Waals surface area contributed by atoms with Crippen LogP contribution in [0.2, 0.25) is 0 Å². The molecule has 1 fully saturated rings. The molecule has 1 amide bonds. The Hall–Kier alpha value is -0.660. The van der Waals surface area contributed by atoms with Gasteiger partial charge in [-0.2, -0.15) is 0 Å². The fraction of sp³-hybridized carbons (Fsp3) is 0.917. The van der Waals surface area contributed by atoms with Crippen LogP contribution in [0.5, 0.6) is 0 Å². The summed E-state index contributed by atoms with van der Waals surface area (Å²) in [6, 6.07) is 0.150. The quantitative estimate of drug-likeness (QED) is 0.641. The van der Waals surface area contributed by atoms with E-state index < -0.39 is 10.0 Å². The number of amides is 1. The highest BCUT2D eigenvalue weighted by Gasteiger charge is 2.27. The van der Waals surface area contributed by atoms with Gasteiger partial charge in [0.2, 0.25) is 15.9 Å². The van der Waals surface area contributed by atoms with Crippen LogP contribution in [-0.4, -0.2) is 50.6 Å². The van der Waals surface area contributed by atoms with Gasteiger partial charge in [-0.3, -0.25) is 4.79 Å². The summed E-state index contributed by atoms with van der Waals surface area (Å²) in [6.07, 6.45) is 4.36. The minimum atomic E-state index is -3.13. The second-order valence-electron chi connectivity index (χ2n) is 5.17. The smallest absolute Gasteiger partial charge is 0.223 e. The summed E-state index contributed by atoms with van der Waals surface area (Å²) in [6.45, 7) is 3.22. The van der Waals surface area contributed by atoms with Crippen molar-refractivity contribution in [2.45, 2.75) is 38.6 Å². The van der Waals surface area contributed by atoms with E-state index in [1.165, 1.54) is 10.6 Å². The van der Waals surface area contributed by atoms with E-state index in [1.54, 1.807) is 6.92 Å². The first-order chi connectivity index (χ1) is 8.84. The van der Waals surface area contributed by atoms with Gasteiger partial charge in [0.05, 0.1) is 6.26 Å². The maximum absolute atomic E-state index is 11.8. The standard InChI is InChI=1S/C12H25N3O3S/c1-3-15(19(2,17)18)8-4-7-14-12(16)10-5-6-11(13)9-10/h10-11H,3-9,13H2,1-2H3,(H,14,16). The van der Waals surface area contributed by atoms with Gasteiger partial charge in [0.15, 0.2) is 0 Å². The zero-order valence-electron chi connectivity index (χ0n) is 11.8. The van der Waals surface area contributed by atoms with Crippen LogP contribution in [0.3, 0.4) is 0 Å². The van der Waals surface area contributed by atoms with Gasteiger partial charge >= 0.3 is 0 Å². The van der Waals surface area contributed by atoms with Crippen LogP contribution in [0.1, 0.15) is 32.6 Å². The number of rotatable bonds is 7. The number of nitrogens with zero attached hydrogens (tertiary/aromatic N) is 1. The lowest BCUT2D eigenvalue weighted by molar-refractivity contribution is -0.124. The van der Waals surface area contributed by atoms with Crippen LogP contribution in [0.25, 0.3) is 0 Å². The van der Waals surface area contributed by atoms with E-state index in [2.05, 4.69) is 5.32 Å². The van der Waals surface area contributed by atoms with Crippen LogP contribution >= 0.6 is 0 Å². The zero-order chi connectivity index (χ0) is 14.5. The lowest BCUT2D eigenvalue weighted by Gasteiger charge is -2.18. The molecule has 6 nitrogen and oxygen atoms in total. The maximum Gasteiger partial charge on any atom is 0.223 e. The summed E-state index contributed by atoms with van der Waals surface area (Å²) in [5, 5.41) is 2.86. The van der Waals surface area contributed by atoms with E-state index in [9.17, 15) is 13.2 Å². The number of hydrogen-bond acceptors (Lipinski definition) is 4. The summed E-state index contributed by atoms with van der Waals surface area (Å²) in [5.74, 6) is 0.0857. The Balaban J connectivity index is 2.22. The third kappa shape index (κ3) is 5.46. The van der Waals surface area contributed by atoms with E-state index in [-0.39, 0.29) is 17.9 Å². The minimum Gasteiger partial charge on any atom is -0.356 e. The highest BCUT2D eigenvalue weighted by atomic mass is 32.2. The molecule has 0 bridgehead atoms. The average Bonchev–Trinajstić information content (AvgIpc) is 2.74. The van der Waals surface area contributed by atoms with Gasteiger partial charge in [0.25, 0.3) is 0 Å². The molecule has 0 spiro atoms. The molecule has 0 aromatic rings. The topological polar surface area (TPSA) is 92.5 Å². The third-order valence-corrected chi connectivity index (χ3v) is 4.93. The highest BCUT2D eigenvalue weighted by molar-refractivity contribution is 7.88. The third-order valence-electron chi connectivity index (χ3n) is 3.55. The lowest BCUT2D eigenvalue weighted by Crippen LogP contribution is -2.35. The van der Waals surface area contributed by atoms with Crippen molar-refractivity contribution in [3.05, 3.63) is 0 Å². The van der Waals surface area contributed by atoms with Crippen LogP contribution in [-0.2, 0) is 14.8 Å². The molecule has 1 rings (SSSR count). The van der Waals surface area contributed by atoms with Gasteiger partial charge in [0.1, 0.15) is 0 Å². The molecule has 1 aliphatic carbocycles. The van der Waals surface area contributed by atoms with Crippen molar-refractivity contribution in [2.75, 3.05) is 25.9 Å². The highest BCUT2D eigenvalue weighted by Crippen LogP contribution is 2.23. The van der Waals surface area contributed by atoms with Crippen LogP contribution in [0, 0.1) is 5.92 Å². The van der Waals surface area contributed by atoms with Crippen LogP contribution in [0.4, 0.5) is 0 Å². The Morgan fingerprint density at radius 1 is 1.42 bits per heavy atom. The van der Waals surface area contributed by atoms with Gasteiger partial charge < -0.3 is 11.1 Å². The van der Waals surface area contributed by atoms with Gasteiger partial charge in [0, 0.05) is 31.6 Å². The monoisotopic (exact) mass is 291 g/mol. The largest absolute Gasteiger partial charge is 0.356 e. The van der Waals surface area contributed by atoms with Crippen molar-refractivity contribution in [2.24, 2.45) is 11.7 Å². The molecule has 1 saturated carbocycles. The fourth-order valence-electron chi connectivity index (χ4n) is 2.42. The molecule has 3 N–H and O–H groups in total. The van der Waals surface area contributed by atoms with E-state index in [4.69, 9.17) is 5.73 Å². The normalized spacial score (nSPS) is 23.8. The fourth-order valence-corrected chi connectivity index (χ4v) is 3.35. The van der Waals surface area contributed by atoms with E-state index >= 15 is 0 Å². The van der Waals surface area contributed by atoms with Crippen molar-refractivity contribution < 1.29 is 13.2 Å². The summed E-state index contributed by atoms with van der Waals surface area (Å²) in [5.41, 5.74) is 5.77. The van der Waals surface area contributed by atoms with E-state index in [0.29, 0.717) is 26.1 Å². The molecule has 112 valence electrons.